The van der Waals surface area contributed by atoms with E-state index < -0.39 is 6.23 Å². The predicted octanol–water partition coefficient (Wildman–Crippen LogP) is 4.26. The number of anilines is 1. The molecule has 1 saturated heterocycles. The summed E-state index contributed by atoms with van der Waals surface area (Å²) in [7, 11) is 0. The largest absolute Gasteiger partial charge is 0.370 e. The predicted molar refractivity (Wildman–Crippen MR) is 158 cm³/mol. The molecule has 2 atom stereocenters. The monoisotopic (exact) mass is 528 g/mol. The van der Waals surface area contributed by atoms with Gasteiger partial charge in [0.1, 0.15) is 12.0 Å². The lowest BCUT2D eigenvalue weighted by atomic mass is 9.98. The molecule has 3 aromatic rings. The van der Waals surface area contributed by atoms with Crippen LogP contribution < -0.4 is 20.9 Å². The highest BCUT2D eigenvalue weighted by Gasteiger charge is 2.22. The zero-order chi connectivity index (χ0) is 27.7. The quantitative estimate of drug-likeness (QED) is 0.366. The van der Waals surface area contributed by atoms with Crippen molar-refractivity contribution in [1.82, 2.24) is 25.5 Å². The van der Waals surface area contributed by atoms with E-state index in [0.29, 0.717) is 11.6 Å². The van der Waals surface area contributed by atoms with E-state index >= 15 is 0 Å². The third kappa shape index (κ3) is 5.44. The van der Waals surface area contributed by atoms with Crippen molar-refractivity contribution >= 4 is 22.6 Å². The molecule has 0 radical (unpaired) electrons. The van der Waals surface area contributed by atoms with Gasteiger partial charge in [-0.05, 0) is 81.2 Å². The van der Waals surface area contributed by atoms with E-state index in [4.69, 9.17) is 4.98 Å². The number of hydrogen-bond acceptors (Lipinski definition) is 6. The fourth-order valence-corrected chi connectivity index (χ4v) is 5.62. The van der Waals surface area contributed by atoms with Crippen LogP contribution in [0.3, 0.4) is 0 Å². The molecule has 2 unspecified atom stereocenters. The molecule has 0 aliphatic carbocycles. The zero-order valence-electron chi connectivity index (χ0n) is 23.6. The number of hydrogen-bond donors (Lipinski definition) is 4. The van der Waals surface area contributed by atoms with E-state index in [-0.39, 0.29) is 12.5 Å². The molecule has 8 heteroatoms. The molecule has 2 aromatic heterocycles. The van der Waals surface area contributed by atoms with Gasteiger partial charge in [0, 0.05) is 84.5 Å². The molecule has 1 aromatic carbocycles. The van der Waals surface area contributed by atoms with E-state index in [9.17, 15) is 9.90 Å². The minimum absolute atomic E-state index is 0.156. The lowest BCUT2D eigenvalue weighted by molar-refractivity contribution is 0.0954. The molecule has 4 N–H and O–H groups in total. The van der Waals surface area contributed by atoms with Crippen LogP contribution in [-0.4, -0.2) is 59.5 Å². The summed E-state index contributed by atoms with van der Waals surface area (Å²) in [5.74, 6) is 0.821. The number of dihydropyridines is 1. The third-order valence-electron chi connectivity index (χ3n) is 8.03. The summed E-state index contributed by atoms with van der Waals surface area (Å²) in [6, 6.07) is 8.64. The average Bonchev–Trinajstić information content (AvgIpc) is 3.28. The molecule has 206 valence electrons. The number of aromatic nitrogens is 2. The maximum Gasteiger partial charge on any atom is 0.252 e. The first-order valence-corrected chi connectivity index (χ1v) is 13.9. The number of piperazine rings is 1. The fraction of sp³-hybridized carbons (Fsp3) is 0.419. The van der Waals surface area contributed by atoms with Gasteiger partial charge in [-0.25, -0.2) is 4.98 Å². The second-order valence-electron chi connectivity index (χ2n) is 10.8. The van der Waals surface area contributed by atoms with Gasteiger partial charge < -0.3 is 30.5 Å². The zero-order valence-corrected chi connectivity index (χ0v) is 23.6. The van der Waals surface area contributed by atoms with Crippen LogP contribution in [0.2, 0.25) is 0 Å². The topological polar surface area (TPSA) is 94.5 Å². The van der Waals surface area contributed by atoms with Crippen LogP contribution in [-0.2, 0) is 0 Å². The summed E-state index contributed by atoms with van der Waals surface area (Å²) in [4.78, 5) is 20.8. The average molecular weight is 529 g/mol. The van der Waals surface area contributed by atoms with Gasteiger partial charge in [-0.1, -0.05) is 6.92 Å². The van der Waals surface area contributed by atoms with Gasteiger partial charge in [-0.2, -0.15) is 0 Å². The summed E-state index contributed by atoms with van der Waals surface area (Å²) in [6.07, 6.45) is 6.23. The molecular weight excluding hydrogens is 488 g/mol. The molecule has 1 amide bonds. The maximum atomic E-state index is 13.7. The van der Waals surface area contributed by atoms with Crippen LogP contribution in [0.1, 0.15) is 56.1 Å². The molecule has 5 rings (SSSR count). The first-order valence-electron chi connectivity index (χ1n) is 13.9. The molecule has 0 saturated carbocycles. The van der Waals surface area contributed by atoms with Gasteiger partial charge in [0.25, 0.3) is 5.91 Å². The second-order valence-corrected chi connectivity index (χ2v) is 10.8. The molecule has 1 fully saturated rings. The standard InChI is InChI=1S/C31H40N6O2/c1-6-22(5)37-18-20(3)29-25(30(38)34-17-26-19(2)13-21(4)35-31(26)39)14-24(15-27(29)37)23-7-8-28(33-16-23)36-11-9-32-10-12-36/h7-8,13-16,18,22,31-32,35,39H,6,9-12,17H2,1-5H3,(H,34,38). The summed E-state index contributed by atoms with van der Waals surface area (Å²) in [6.45, 7) is 14.4. The first-order chi connectivity index (χ1) is 18.8. The molecular formula is C31H40N6O2. The number of carbonyl (C=O) groups is 1. The Morgan fingerprint density at radius 1 is 1.18 bits per heavy atom. The van der Waals surface area contributed by atoms with Crippen molar-refractivity contribution in [1.29, 1.82) is 0 Å². The Bertz CT molecular complexity index is 1430. The summed E-state index contributed by atoms with van der Waals surface area (Å²) >= 11 is 0. The van der Waals surface area contributed by atoms with E-state index in [0.717, 1.165) is 82.9 Å². The number of aliphatic hydroxyl groups is 1. The van der Waals surface area contributed by atoms with E-state index in [2.05, 4.69) is 70.6 Å². The molecule has 4 heterocycles. The number of nitrogens with zero attached hydrogens (tertiary/aromatic N) is 3. The van der Waals surface area contributed by atoms with Gasteiger partial charge in [0.05, 0.1) is 0 Å². The number of rotatable bonds is 7. The number of aliphatic hydroxyl groups excluding tert-OH is 1. The lowest BCUT2D eigenvalue weighted by Crippen LogP contribution is -2.43. The smallest absolute Gasteiger partial charge is 0.252 e. The summed E-state index contributed by atoms with van der Waals surface area (Å²) < 4.78 is 2.28. The highest BCUT2D eigenvalue weighted by molar-refractivity contribution is 6.09. The van der Waals surface area contributed by atoms with Crippen molar-refractivity contribution in [3.05, 3.63) is 70.7 Å². The number of carbonyl (C=O) groups excluding carboxylic acids is 1. The van der Waals surface area contributed by atoms with Crippen LogP contribution in [0.5, 0.6) is 0 Å². The molecule has 2 aliphatic rings. The van der Waals surface area contributed by atoms with Gasteiger partial charge in [0.2, 0.25) is 0 Å². The normalized spacial score (nSPS) is 18.7. The Morgan fingerprint density at radius 3 is 2.62 bits per heavy atom. The van der Waals surface area contributed by atoms with E-state index in [1.165, 1.54) is 0 Å². The Kier molecular flexibility index (Phi) is 7.77. The van der Waals surface area contributed by atoms with E-state index in [1.54, 1.807) is 0 Å². The summed E-state index contributed by atoms with van der Waals surface area (Å²) in [5.41, 5.74) is 7.33. The Labute approximate surface area is 230 Å². The summed E-state index contributed by atoms with van der Waals surface area (Å²) in [5, 5.41) is 21.0. The third-order valence-corrected chi connectivity index (χ3v) is 8.03. The van der Waals surface area contributed by atoms with Gasteiger partial charge in [-0.15, -0.1) is 0 Å². The number of nitrogens with one attached hydrogen (secondary N) is 3. The highest BCUT2D eigenvalue weighted by atomic mass is 16.3. The number of fused-ring (bicyclic) bond motifs is 1. The van der Waals surface area contributed by atoms with Gasteiger partial charge in [0.15, 0.2) is 0 Å². The minimum Gasteiger partial charge on any atom is -0.370 e. The SMILES string of the molecule is CCC(C)n1cc(C)c2c(C(=O)NCC3=C(C)C=C(C)NC3O)cc(-c3ccc(N4CCNCC4)nc3)cc21. The number of aryl methyl sites for hydroxylation is 1. The van der Waals surface area contributed by atoms with Crippen LogP contribution in [0.25, 0.3) is 22.0 Å². The van der Waals surface area contributed by atoms with Crippen molar-refractivity contribution in [2.75, 3.05) is 37.6 Å². The van der Waals surface area contributed by atoms with Crippen molar-refractivity contribution < 1.29 is 9.90 Å². The highest BCUT2D eigenvalue weighted by Crippen LogP contribution is 2.34. The Morgan fingerprint density at radius 2 is 1.95 bits per heavy atom. The Balaban J connectivity index is 1.52. The maximum absolute atomic E-state index is 13.7. The molecule has 39 heavy (non-hydrogen) atoms. The van der Waals surface area contributed by atoms with Crippen LogP contribution in [0.15, 0.2) is 59.6 Å². The molecule has 0 spiro atoms. The Hall–Kier alpha value is -3.62. The molecule has 2 aliphatic heterocycles. The van der Waals surface area contributed by atoms with Crippen molar-refractivity contribution in [3.63, 3.8) is 0 Å². The minimum atomic E-state index is -0.810. The number of benzene rings is 1. The lowest BCUT2D eigenvalue weighted by Gasteiger charge is -2.28. The second kappa shape index (κ2) is 11.2. The van der Waals surface area contributed by atoms with Crippen LogP contribution >= 0.6 is 0 Å². The fourth-order valence-electron chi connectivity index (χ4n) is 5.62. The molecule has 8 nitrogen and oxygen atoms in total. The molecule has 0 bridgehead atoms. The van der Waals surface area contributed by atoms with E-state index in [1.807, 2.05) is 32.2 Å². The first kappa shape index (κ1) is 27.0. The van der Waals surface area contributed by atoms with Crippen molar-refractivity contribution in [2.24, 2.45) is 0 Å². The van der Waals surface area contributed by atoms with Crippen molar-refractivity contribution in [3.8, 4) is 11.1 Å². The number of allylic oxidation sites excluding steroid dienone is 3. The number of pyridine rings is 1. The van der Waals surface area contributed by atoms with Crippen LogP contribution in [0, 0.1) is 6.92 Å². The van der Waals surface area contributed by atoms with Gasteiger partial charge in [-0.3, -0.25) is 4.79 Å². The van der Waals surface area contributed by atoms with Crippen molar-refractivity contribution in [2.45, 2.75) is 53.3 Å². The van der Waals surface area contributed by atoms with Crippen LogP contribution in [0.4, 0.5) is 5.82 Å². The van der Waals surface area contributed by atoms with Gasteiger partial charge >= 0.3 is 0 Å². The number of amides is 1.